The molecule has 0 heterocycles. The molecule has 1 amide bonds. The van der Waals surface area contributed by atoms with Crippen LogP contribution in [-0.2, 0) is 11.3 Å². The normalized spacial score (nSPS) is 9.33. The van der Waals surface area contributed by atoms with E-state index in [4.69, 9.17) is 5.73 Å². The number of rotatable bonds is 5. The van der Waals surface area contributed by atoms with Crippen LogP contribution in [0.25, 0.3) is 0 Å². The molecular weight excluding hydrogens is 273 g/mol. The van der Waals surface area contributed by atoms with Crippen LogP contribution in [0.5, 0.6) is 0 Å². The third-order valence-electron chi connectivity index (χ3n) is 2.08. The maximum absolute atomic E-state index is 11.3. The van der Waals surface area contributed by atoms with Gasteiger partial charge in [0, 0.05) is 25.2 Å². The van der Waals surface area contributed by atoms with Gasteiger partial charge in [0.1, 0.15) is 0 Å². The van der Waals surface area contributed by atoms with Gasteiger partial charge < -0.3 is 16.0 Å². The maximum atomic E-state index is 11.3. The molecule has 104 valence electrons. The van der Waals surface area contributed by atoms with Crippen LogP contribution in [0.15, 0.2) is 24.3 Å². The second kappa shape index (κ2) is 10.1. The molecule has 0 atom stereocenters. The zero-order chi connectivity index (χ0) is 12.0. The lowest BCUT2D eigenvalue weighted by molar-refractivity contribution is -0.116. The number of benzene rings is 1. The lowest BCUT2D eigenvalue weighted by atomic mass is 10.2. The topological polar surface area (TPSA) is 58.4 Å². The van der Waals surface area contributed by atoms with E-state index in [1.165, 1.54) is 5.56 Å². The minimum absolute atomic E-state index is 0. The minimum atomic E-state index is -0.0375. The van der Waals surface area contributed by atoms with E-state index in [0.29, 0.717) is 13.0 Å². The van der Waals surface area contributed by atoms with Gasteiger partial charge in [0.15, 0.2) is 0 Å². The molecule has 1 aromatic carbocycles. The van der Waals surface area contributed by atoms with E-state index in [9.17, 15) is 4.79 Å². The van der Waals surface area contributed by atoms with Gasteiger partial charge in [0.25, 0.3) is 0 Å². The van der Waals surface area contributed by atoms with Crippen molar-refractivity contribution < 1.29 is 4.79 Å². The molecule has 0 fully saturated rings. The average Bonchev–Trinajstić information content (AvgIpc) is 2.17. The number of amides is 1. The van der Waals surface area contributed by atoms with Gasteiger partial charge >= 0.3 is 0 Å². The highest BCUT2D eigenvalue weighted by Crippen LogP contribution is 2.11. The Morgan fingerprint density at radius 1 is 1.33 bits per heavy atom. The Balaban J connectivity index is 0. The van der Waals surface area contributed by atoms with Crippen molar-refractivity contribution in [2.75, 3.05) is 26.0 Å². The number of anilines is 1. The molecule has 0 bridgehead atoms. The summed E-state index contributed by atoms with van der Waals surface area (Å²) in [5.41, 5.74) is 7.32. The summed E-state index contributed by atoms with van der Waals surface area (Å²) in [5, 5.41) is 2.82. The fourth-order valence-electron chi connectivity index (χ4n) is 1.47. The van der Waals surface area contributed by atoms with Crippen LogP contribution in [0.3, 0.4) is 0 Å². The predicted octanol–water partition coefficient (Wildman–Crippen LogP) is 1.88. The van der Waals surface area contributed by atoms with Crippen molar-refractivity contribution in [3.63, 3.8) is 0 Å². The summed E-state index contributed by atoms with van der Waals surface area (Å²) >= 11 is 0. The van der Waals surface area contributed by atoms with Crippen LogP contribution in [0.2, 0.25) is 0 Å². The van der Waals surface area contributed by atoms with Crippen LogP contribution in [0, 0.1) is 0 Å². The number of carbonyl (C=O) groups excluding carboxylic acids is 1. The number of hydrogen-bond acceptors (Lipinski definition) is 3. The molecule has 4 nitrogen and oxygen atoms in total. The molecule has 1 rings (SSSR count). The largest absolute Gasteiger partial charge is 0.330 e. The highest BCUT2D eigenvalue weighted by atomic mass is 35.5. The minimum Gasteiger partial charge on any atom is -0.330 e. The van der Waals surface area contributed by atoms with E-state index < -0.39 is 0 Å². The molecular formula is C12H21Cl2N3O. The quantitative estimate of drug-likeness (QED) is 0.871. The van der Waals surface area contributed by atoms with Gasteiger partial charge in [0.05, 0.1) is 0 Å². The second-order valence-corrected chi connectivity index (χ2v) is 4.03. The lowest BCUT2D eigenvalue weighted by Crippen LogP contribution is -2.16. The highest BCUT2D eigenvalue weighted by Gasteiger charge is 2.02. The van der Waals surface area contributed by atoms with Crippen LogP contribution >= 0.6 is 24.8 Å². The Morgan fingerprint density at radius 2 is 2.00 bits per heavy atom. The van der Waals surface area contributed by atoms with Crippen molar-refractivity contribution in [1.82, 2.24) is 4.90 Å². The van der Waals surface area contributed by atoms with Crippen molar-refractivity contribution in [3.05, 3.63) is 29.8 Å². The van der Waals surface area contributed by atoms with Crippen molar-refractivity contribution >= 4 is 36.4 Å². The van der Waals surface area contributed by atoms with Gasteiger partial charge in [-0.25, -0.2) is 0 Å². The monoisotopic (exact) mass is 293 g/mol. The summed E-state index contributed by atoms with van der Waals surface area (Å²) in [6.07, 6.45) is 0.359. The molecule has 0 aliphatic heterocycles. The Labute approximate surface area is 121 Å². The fraction of sp³-hybridized carbons (Fsp3) is 0.417. The first-order valence-electron chi connectivity index (χ1n) is 5.35. The van der Waals surface area contributed by atoms with E-state index in [-0.39, 0.29) is 30.7 Å². The van der Waals surface area contributed by atoms with Crippen LogP contribution < -0.4 is 11.1 Å². The number of nitrogens with two attached hydrogens (primary N) is 1. The van der Waals surface area contributed by atoms with Crippen LogP contribution in [0.4, 0.5) is 5.69 Å². The van der Waals surface area contributed by atoms with Crippen molar-refractivity contribution in [3.8, 4) is 0 Å². The smallest absolute Gasteiger partial charge is 0.225 e. The summed E-state index contributed by atoms with van der Waals surface area (Å²) < 4.78 is 0. The van der Waals surface area contributed by atoms with Crippen molar-refractivity contribution in [1.29, 1.82) is 0 Å². The average molecular weight is 294 g/mol. The Hall–Kier alpha value is -0.810. The number of carbonyl (C=O) groups is 1. The van der Waals surface area contributed by atoms with Gasteiger partial charge in [-0.1, -0.05) is 12.1 Å². The molecule has 0 aliphatic rings. The first-order chi connectivity index (χ1) is 7.61. The van der Waals surface area contributed by atoms with E-state index in [0.717, 1.165) is 12.2 Å². The highest BCUT2D eigenvalue weighted by molar-refractivity contribution is 5.90. The molecule has 18 heavy (non-hydrogen) atoms. The zero-order valence-electron chi connectivity index (χ0n) is 10.7. The third-order valence-corrected chi connectivity index (χ3v) is 2.08. The summed E-state index contributed by atoms with van der Waals surface area (Å²) in [5.74, 6) is -0.0375. The fourth-order valence-corrected chi connectivity index (χ4v) is 1.47. The zero-order valence-corrected chi connectivity index (χ0v) is 12.3. The molecule has 0 spiro atoms. The van der Waals surface area contributed by atoms with Crippen molar-refractivity contribution in [2.45, 2.75) is 13.0 Å². The number of nitrogens with zero attached hydrogens (tertiary/aromatic N) is 1. The van der Waals surface area contributed by atoms with Gasteiger partial charge in [-0.05, 0) is 31.8 Å². The number of hydrogen-bond donors (Lipinski definition) is 2. The van der Waals surface area contributed by atoms with E-state index >= 15 is 0 Å². The summed E-state index contributed by atoms with van der Waals surface area (Å²) in [7, 11) is 4.03. The molecule has 0 aromatic heterocycles. The number of halogens is 2. The van der Waals surface area contributed by atoms with Gasteiger partial charge in [-0.2, -0.15) is 0 Å². The van der Waals surface area contributed by atoms with Gasteiger partial charge in [0.2, 0.25) is 5.91 Å². The standard InChI is InChI=1S/C12H19N3O.2ClH/c1-15(2)9-10-4-3-5-11(8-10)14-12(16)6-7-13;;/h3-5,8H,6-7,9,13H2,1-2H3,(H,14,16);2*1H. The number of nitrogens with one attached hydrogen (secondary N) is 1. The maximum Gasteiger partial charge on any atom is 0.225 e. The van der Waals surface area contributed by atoms with Gasteiger partial charge in [-0.3, -0.25) is 4.79 Å². The molecule has 0 saturated heterocycles. The van der Waals surface area contributed by atoms with Crippen LogP contribution in [-0.4, -0.2) is 31.4 Å². The Morgan fingerprint density at radius 3 is 2.56 bits per heavy atom. The molecule has 0 saturated carbocycles. The molecule has 1 aromatic rings. The second-order valence-electron chi connectivity index (χ2n) is 4.03. The van der Waals surface area contributed by atoms with Gasteiger partial charge in [-0.15, -0.1) is 24.8 Å². The summed E-state index contributed by atoms with van der Waals surface area (Å²) in [6.45, 7) is 1.24. The predicted molar refractivity (Wildman–Crippen MR) is 80.6 cm³/mol. The first-order valence-corrected chi connectivity index (χ1v) is 5.35. The summed E-state index contributed by atoms with van der Waals surface area (Å²) in [4.78, 5) is 13.4. The SMILES string of the molecule is CN(C)Cc1cccc(NC(=O)CCN)c1.Cl.Cl. The van der Waals surface area contributed by atoms with E-state index in [1.54, 1.807) is 0 Å². The molecule has 0 radical (unpaired) electrons. The van der Waals surface area contributed by atoms with Crippen molar-refractivity contribution in [2.24, 2.45) is 5.73 Å². The molecule has 6 heteroatoms. The van der Waals surface area contributed by atoms with E-state index in [2.05, 4.69) is 10.2 Å². The Kier molecular flexibility index (Phi) is 11.0. The summed E-state index contributed by atoms with van der Waals surface area (Å²) in [6, 6.07) is 7.84. The molecule has 0 aliphatic carbocycles. The lowest BCUT2D eigenvalue weighted by Gasteiger charge is -2.11. The first kappa shape index (κ1) is 19.5. The Bertz CT molecular complexity index is 359. The molecule has 3 N–H and O–H groups in total. The van der Waals surface area contributed by atoms with E-state index in [1.807, 2.05) is 38.4 Å². The molecule has 0 unspecified atom stereocenters. The third kappa shape index (κ3) is 7.50. The van der Waals surface area contributed by atoms with Crippen LogP contribution in [0.1, 0.15) is 12.0 Å².